The maximum Gasteiger partial charge on any atom is 0.328 e. The number of carbonyl (C=O) groups excluding carboxylic acids is 5. The van der Waals surface area contributed by atoms with Crippen LogP contribution in [-0.2, 0) is 28.7 Å². The lowest BCUT2D eigenvalue weighted by atomic mass is 9.96. The average Bonchev–Trinajstić information content (AvgIpc) is 3.31. The minimum atomic E-state index is -1.35. The van der Waals surface area contributed by atoms with Crippen LogP contribution in [0.4, 0.5) is 0 Å². The summed E-state index contributed by atoms with van der Waals surface area (Å²) in [6.45, 7) is 14.6. The highest BCUT2D eigenvalue weighted by Gasteiger charge is 2.43. The number of hydrogen-bond acceptors (Lipinski definition) is 7. The van der Waals surface area contributed by atoms with E-state index >= 15 is 0 Å². The number of likely N-dealkylation sites (tertiary alicyclic amines) is 1. The Balaban J connectivity index is 3.03. The molecule has 0 spiro atoms. The topological polar surface area (TPSA) is 160 Å². The summed E-state index contributed by atoms with van der Waals surface area (Å²) in [5.74, 6) is -2.10. The van der Waals surface area contributed by atoms with Crippen molar-refractivity contribution in [3.05, 3.63) is 0 Å². The van der Waals surface area contributed by atoms with E-state index in [1.807, 2.05) is 27.7 Å². The zero-order valence-electron chi connectivity index (χ0n) is 24.6. The first-order valence-corrected chi connectivity index (χ1v) is 13.6. The highest BCUT2D eigenvalue weighted by Crippen LogP contribution is 2.23. The van der Waals surface area contributed by atoms with Crippen molar-refractivity contribution < 1.29 is 28.7 Å². The lowest BCUT2D eigenvalue weighted by Gasteiger charge is -2.35. The molecule has 0 aromatic heterocycles. The largest absolute Gasteiger partial charge is 0.467 e. The molecule has 0 aliphatic carbocycles. The van der Waals surface area contributed by atoms with Gasteiger partial charge in [0.1, 0.15) is 23.7 Å². The van der Waals surface area contributed by atoms with Crippen LogP contribution in [0, 0.1) is 11.8 Å². The van der Waals surface area contributed by atoms with Gasteiger partial charge in [0.2, 0.25) is 23.6 Å². The average molecular weight is 540 g/mol. The second-order valence-corrected chi connectivity index (χ2v) is 11.9. The van der Waals surface area contributed by atoms with Gasteiger partial charge in [-0.25, -0.2) is 4.79 Å². The third-order valence-electron chi connectivity index (χ3n) is 6.88. The lowest BCUT2D eigenvalue weighted by molar-refractivity contribution is -0.148. The van der Waals surface area contributed by atoms with E-state index in [-0.39, 0.29) is 11.8 Å². The van der Waals surface area contributed by atoms with Gasteiger partial charge in [0.25, 0.3) is 0 Å². The smallest absolute Gasteiger partial charge is 0.328 e. The number of nitrogens with one attached hydrogen (secondary N) is 3. The van der Waals surface area contributed by atoms with Crippen LogP contribution >= 0.6 is 0 Å². The third-order valence-corrected chi connectivity index (χ3v) is 6.88. The Kier molecular flexibility index (Phi) is 12.2. The number of methoxy groups -OCH3 is 1. The SMILES string of the molecule is CC[C@](C)(N)C(=O)N[C@@H](CC(C)C)C(=O)NC(C)(C)C(=O)N1CCC[C@H]1C(=O)N[C@@H](CC(C)C)C(=O)OC. The molecule has 0 saturated carbocycles. The maximum absolute atomic E-state index is 13.6. The molecule has 0 aromatic rings. The van der Waals surface area contributed by atoms with Crippen LogP contribution in [-0.4, -0.2) is 77.4 Å². The predicted molar refractivity (Wildman–Crippen MR) is 145 cm³/mol. The monoisotopic (exact) mass is 539 g/mol. The highest BCUT2D eigenvalue weighted by molar-refractivity contribution is 5.97. The standard InChI is InChI=1S/C27H49N5O6/c1-10-27(8,28)24(36)30-18(14-16(2)3)21(33)31-26(6,7)25(37)32-13-11-12-20(32)22(34)29-19(15-17(4)5)23(35)38-9/h16-20H,10-15,28H2,1-9H3,(H,29,34)(H,30,36)(H,31,33)/t18-,19-,20-,27-/m0/s1. The van der Waals surface area contributed by atoms with Crippen LogP contribution in [0.3, 0.4) is 0 Å². The molecule has 1 heterocycles. The number of esters is 1. The zero-order chi connectivity index (χ0) is 29.4. The van der Waals surface area contributed by atoms with Crippen LogP contribution < -0.4 is 21.7 Å². The molecule has 38 heavy (non-hydrogen) atoms. The summed E-state index contributed by atoms with van der Waals surface area (Å²) in [5.41, 5.74) is 3.58. The molecule has 218 valence electrons. The summed E-state index contributed by atoms with van der Waals surface area (Å²) in [7, 11) is 1.27. The lowest BCUT2D eigenvalue weighted by Crippen LogP contribution is -2.63. The molecular weight excluding hydrogens is 490 g/mol. The van der Waals surface area contributed by atoms with Crippen LogP contribution in [0.1, 0.15) is 87.5 Å². The van der Waals surface area contributed by atoms with Crippen molar-refractivity contribution in [1.82, 2.24) is 20.9 Å². The van der Waals surface area contributed by atoms with Gasteiger partial charge in [0.15, 0.2) is 0 Å². The molecule has 11 nitrogen and oxygen atoms in total. The fourth-order valence-corrected chi connectivity index (χ4v) is 4.37. The highest BCUT2D eigenvalue weighted by atomic mass is 16.5. The van der Waals surface area contributed by atoms with Crippen molar-refractivity contribution in [2.75, 3.05) is 13.7 Å². The molecule has 1 rings (SSSR count). The van der Waals surface area contributed by atoms with Gasteiger partial charge in [-0.1, -0.05) is 34.6 Å². The van der Waals surface area contributed by atoms with Crippen LogP contribution in [0.2, 0.25) is 0 Å². The summed E-state index contributed by atoms with van der Waals surface area (Å²) < 4.78 is 4.83. The fraction of sp³-hybridized carbons (Fsp3) is 0.815. The van der Waals surface area contributed by atoms with E-state index in [1.165, 1.54) is 12.0 Å². The van der Waals surface area contributed by atoms with E-state index in [2.05, 4.69) is 16.0 Å². The number of hydrogen-bond donors (Lipinski definition) is 4. The Morgan fingerprint density at radius 1 is 0.974 bits per heavy atom. The minimum absolute atomic E-state index is 0.0933. The molecule has 0 aromatic carbocycles. The Labute approximate surface area is 227 Å². The first kappa shape index (κ1) is 33.3. The number of nitrogens with zero attached hydrogens (tertiary/aromatic N) is 1. The fourth-order valence-electron chi connectivity index (χ4n) is 4.37. The van der Waals surface area contributed by atoms with Crippen molar-refractivity contribution in [1.29, 1.82) is 0 Å². The van der Waals surface area contributed by atoms with Crippen LogP contribution in [0.15, 0.2) is 0 Å². The molecule has 1 aliphatic rings. The Bertz CT molecular complexity index is 870. The van der Waals surface area contributed by atoms with Crippen molar-refractivity contribution in [2.24, 2.45) is 17.6 Å². The molecule has 0 radical (unpaired) electrons. The normalized spacial score (nSPS) is 18.9. The molecular formula is C27H49N5O6. The molecule has 1 aliphatic heterocycles. The van der Waals surface area contributed by atoms with Gasteiger partial charge >= 0.3 is 5.97 Å². The number of carbonyl (C=O) groups is 5. The van der Waals surface area contributed by atoms with Gasteiger partial charge in [-0.3, -0.25) is 19.2 Å². The summed E-state index contributed by atoms with van der Waals surface area (Å²) in [6, 6.07) is -2.46. The molecule has 5 N–H and O–H groups in total. The first-order chi connectivity index (χ1) is 17.5. The van der Waals surface area contributed by atoms with Crippen LogP contribution in [0.5, 0.6) is 0 Å². The van der Waals surface area contributed by atoms with Crippen molar-refractivity contribution in [2.45, 2.75) is 117 Å². The number of amides is 4. The van der Waals surface area contributed by atoms with E-state index in [0.717, 1.165) is 0 Å². The predicted octanol–water partition coefficient (Wildman–Crippen LogP) is 1.23. The summed E-state index contributed by atoms with van der Waals surface area (Å²) in [4.78, 5) is 66.3. The van der Waals surface area contributed by atoms with Crippen molar-refractivity contribution in [3.8, 4) is 0 Å². The van der Waals surface area contributed by atoms with Gasteiger partial charge in [-0.05, 0) is 64.7 Å². The van der Waals surface area contributed by atoms with Crippen molar-refractivity contribution >= 4 is 29.6 Å². The molecule has 0 bridgehead atoms. The van der Waals surface area contributed by atoms with E-state index in [1.54, 1.807) is 27.7 Å². The Hall–Kier alpha value is -2.69. The second kappa shape index (κ2) is 13.9. The van der Waals surface area contributed by atoms with Gasteiger partial charge in [0.05, 0.1) is 12.6 Å². The zero-order valence-corrected chi connectivity index (χ0v) is 24.6. The third kappa shape index (κ3) is 9.25. The molecule has 11 heteroatoms. The van der Waals surface area contributed by atoms with Gasteiger partial charge < -0.3 is 31.3 Å². The summed E-state index contributed by atoms with van der Waals surface area (Å²) >= 11 is 0. The molecule has 4 amide bonds. The second-order valence-electron chi connectivity index (χ2n) is 11.9. The Morgan fingerprint density at radius 3 is 2.03 bits per heavy atom. The van der Waals surface area contributed by atoms with Crippen molar-refractivity contribution in [3.63, 3.8) is 0 Å². The molecule has 1 fully saturated rings. The van der Waals surface area contributed by atoms with Crippen LogP contribution in [0.25, 0.3) is 0 Å². The molecule has 0 unspecified atom stereocenters. The number of nitrogens with two attached hydrogens (primary N) is 1. The van der Waals surface area contributed by atoms with E-state index in [9.17, 15) is 24.0 Å². The van der Waals surface area contributed by atoms with E-state index in [0.29, 0.717) is 38.6 Å². The summed E-state index contributed by atoms with van der Waals surface area (Å²) in [6.07, 6.45) is 2.21. The number of rotatable bonds is 13. The summed E-state index contributed by atoms with van der Waals surface area (Å²) in [5, 5.41) is 8.26. The first-order valence-electron chi connectivity index (χ1n) is 13.6. The van der Waals surface area contributed by atoms with E-state index < -0.39 is 58.8 Å². The minimum Gasteiger partial charge on any atom is -0.467 e. The van der Waals surface area contributed by atoms with Gasteiger partial charge in [-0.15, -0.1) is 0 Å². The maximum atomic E-state index is 13.6. The van der Waals surface area contributed by atoms with E-state index in [4.69, 9.17) is 10.5 Å². The Morgan fingerprint density at radius 2 is 1.53 bits per heavy atom. The van der Waals surface area contributed by atoms with Gasteiger partial charge in [-0.2, -0.15) is 0 Å². The molecule has 1 saturated heterocycles. The number of ether oxygens (including phenoxy) is 1. The quantitative estimate of drug-likeness (QED) is 0.256. The van der Waals surface area contributed by atoms with Gasteiger partial charge in [0, 0.05) is 6.54 Å². The molecule has 4 atom stereocenters.